The molecule has 2 N–H and O–H groups in total. The SMILES string of the molecule is CC(C)C(CCC(=O)O)NC(=O)OCc1ccccc1. The van der Waals surface area contributed by atoms with E-state index in [4.69, 9.17) is 9.84 Å². The topological polar surface area (TPSA) is 75.6 Å². The van der Waals surface area contributed by atoms with Gasteiger partial charge in [-0.2, -0.15) is 0 Å². The number of amides is 1. The molecule has 110 valence electrons. The van der Waals surface area contributed by atoms with Crippen LogP contribution in [0.2, 0.25) is 0 Å². The standard InChI is InChI=1S/C15H21NO4/c1-11(2)13(8-9-14(17)18)16-15(19)20-10-12-6-4-3-5-7-12/h3-7,11,13H,8-10H2,1-2H3,(H,16,19)(H,17,18). The van der Waals surface area contributed by atoms with E-state index >= 15 is 0 Å². The maximum absolute atomic E-state index is 11.7. The van der Waals surface area contributed by atoms with E-state index in [0.29, 0.717) is 6.42 Å². The first-order valence-corrected chi connectivity index (χ1v) is 6.68. The van der Waals surface area contributed by atoms with Crippen LogP contribution in [-0.2, 0) is 16.1 Å². The number of rotatable bonds is 7. The summed E-state index contributed by atoms with van der Waals surface area (Å²) in [5, 5.41) is 11.4. The minimum atomic E-state index is -0.866. The summed E-state index contributed by atoms with van der Waals surface area (Å²) in [5.74, 6) is -0.714. The summed E-state index contributed by atoms with van der Waals surface area (Å²) >= 11 is 0. The molecule has 1 aromatic carbocycles. The Hall–Kier alpha value is -2.04. The van der Waals surface area contributed by atoms with Gasteiger partial charge in [0.05, 0.1) is 0 Å². The van der Waals surface area contributed by atoms with Crippen molar-refractivity contribution in [2.24, 2.45) is 5.92 Å². The second-order valence-corrected chi connectivity index (χ2v) is 4.99. The summed E-state index contributed by atoms with van der Waals surface area (Å²) < 4.78 is 5.12. The molecule has 0 saturated heterocycles. The Kier molecular flexibility index (Phi) is 6.56. The number of ether oxygens (including phenoxy) is 1. The van der Waals surface area contributed by atoms with Gasteiger partial charge in [-0.1, -0.05) is 44.2 Å². The van der Waals surface area contributed by atoms with Crippen LogP contribution in [0.25, 0.3) is 0 Å². The number of alkyl carbamates (subject to hydrolysis) is 1. The Balaban J connectivity index is 2.39. The van der Waals surface area contributed by atoms with Gasteiger partial charge in [0.25, 0.3) is 0 Å². The van der Waals surface area contributed by atoms with E-state index in [1.165, 1.54) is 0 Å². The summed E-state index contributed by atoms with van der Waals surface area (Å²) in [6.07, 6.45) is -0.0900. The Morgan fingerprint density at radius 2 is 1.90 bits per heavy atom. The van der Waals surface area contributed by atoms with Crippen molar-refractivity contribution < 1.29 is 19.4 Å². The molecule has 1 unspecified atom stereocenters. The van der Waals surface area contributed by atoms with E-state index in [0.717, 1.165) is 5.56 Å². The molecule has 0 aliphatic heterocycles. The van der Waals surface area contributed by atoms with Crippen molar-refractivity contribution in [1.29, 1.82) is 0 Å². The predicted octanol–water partition coefficient (Wildman–Crippen LogP) is 2.80. The van der Waals surface area contributed by atoms with Crippen LogP contribution in [-0.4, -0.2) is 23.2 Å². The summed E-state index contributed by atoms with van der Waals surface area (Å²) in [6.45, 7) is 4.07. The van der Waals surface area contributed by atoms with Crippen LogP contribution >= 0.6 is 0 Å². The van der Waals surface area contributed by atoms with Crippen LogP contribution in [0.5, 0.6) is 0 Å². The first-order chi connectivity index (χ1) is 9.49. The molecule has 0 spiro atoms. The van der Waals surface area contributed by atoms with Crippen molar-refractivity contribution in [3.05, 3.63) is 35.9 Å². The van der Waals surface area contributed by atoms with Gasteiger partial charge in [0.2, 0.25) is 0 Å². The Labute approximate surface area is 118 Å². The number of carboxylic acid groups (broad SMARTS) is 1. The van der Waals surface area contributed by atoms with Gasteiger partial charge in [-0.3, -0.25) is 4.79 Å². The van der Waals surface area contributed by atoms with Gasteiger partial charge in [0.1, 0.15) is 6.61 Å². The van der Waals surface area contributed by atoms with Crippen LogP contribution in [0.4, 0.5) is 4.79 Å². The molecule has 0 fully saturated rings. The van der Waals surface area contributed by atoms with Crippen molar-refractivity contribution in [2.45, 2.75) is 39.3 Å². The zero-order valence-electron chi connectivity index (χ0n) is 11.8. The molecule has 1 rings (SSSR count). The zero-order chi connectivity index (χ0) is 15.0. The summed E-state index contributed by atoms with van der Waals surface area (Å²) in [5.41, 5.74) is 0.911. The third-order valence-electron chi connectivity index (χ3n) is 2.99. The molecule has 0 aromatic heterocycles. The highest BCUT2D eigenvalue weighted by atomic mass is 16.5. The first-order valence-electron chi connectivity index (χ1n) is 6.68. The fourth-order valence-corrected chi connectivity index (χ4v) is 1.77. The van der Waals surface area contributed by atoms with Gasteiger partial charge in [0, 0.05) is 12.5 Å². The number of aliphatic carboxylic acids is 1. The van der Waals surface area contributed by atoms with E-state index in [2.05, 4.69) is 5.32 Å². The maximum atomic E-state index is 11.7. The van der Waals surface area contributed by atoms with Gasteiger partial charge in [-0.15, -0.1) is 0 Å². The van der Waals surface area contributed by atoms with Crippen molar-refractivity contribution in [1.82, 2.24) is 5.32 Å². The van der Waals surface area contributed by atoms with Crippen LogP contribution in [0.3, 0.4) is 0 Å². The minimum absolute atomic E-state index is 0.0296. The Bertz CT molecular complexity index is 431. The Morgan fingerprint density at radius 1 is 1.25 bits per heavy atom. The quantitative estimate of drug-likeness (QED) is 0.804. The lowest BCUT2D eigenvalue weighted by Gasteiger charge is -2.21. The molecule has 5 heteroatoms. The van der Waals surface area contributed by atoms with E-state index in [9.17, 15) is 9.59 Å². The third kappa shape index (κ3) is 6.22. The molecule has 0 radical (unpaired) electrons. The highest BCUT2D eigenvalue weighted by Gasteiger charge is 2.18. The van der Waals surface area contributed by atoms with E-state index in [1.54, 1.807) is 0 Å². The van der Waals surface area contributed by atoms with Gasteiger partial charge >= 0.3 is 12.1 Å². The van der Waals surface area contributed by atoms with E-state index in [1.807, 2.05) is 44.2 Å². The fourth-order valence-electron chi connectivity index (χ4n) is 1.77. The lowest BCUT2D eigenvalue weighted by molar-refractivity contribution is -0.137. The third-order valence-corrected chi connectivity index (χ3v) is 2.99. The molecular weight excluding hydrogens is 258 g/mol. The van der Waals surface area contributed by atoms with Crippen LogP contribution < -0.4 is 5.32 Å². The van der Waals surface area contributed by atoms with E-state index < -0.39 is 12.1 Å². The number of carbonyl (C=O) groups is 2. The summed E-state index contributed by atoms with van der Waals surface area (Å²) in [4.78, 5) is 22.3. The molecule has 0 saturated carbocycles. The molecule has 1 amide bonds. The smallest absolute Gasteiger partial charge is 0.407 e. The lowest BCUT2D eigenvalue weighted by Crippen LogP contribution is -2.39. The zero-order valence-corrected chi connectivity index (χ0v) is 11.8. The van der Waals surface area contributed by atoms with Crippen molar-refractivity contribution in [3.8, 4) is 0 Å². The molecule has 5 nitrogen and oxygen atoms in total. The number of hydrogen-bond acceptors (Lipinski definition) is 3. The average Bonchev–Trinajstić information content (AvgIpc) is 2.41. The average molecular weight is 279 g/mol. The fraction of sp³-hybridized carbons (Fsp3) is 0.467. The van der Waals surface area contributed by atoms with E-state index in [-0.39, 0.29) is 25.0 Å². The van der Waals surface area contributed by atoms with Crippen LogP contribution in [0.1, 0.15) is 32.3 Å². The van der Waals surface area contributed by atoms with Gasteiger partial charge in [-0.05, 0) is 17.9 Å². The highest BCUT2D eigenvalue weighted by molar-refractivity contribution is 5.68. The highest BCUT2D eigenvalue weighted by Crippen LogP contribution is 2.09. The predicted molar refractivity (Wildman–Crippen MR) is 75.3 cm³/mol. The largest absolute Gasteiger partial charge is 0.481 e. The molecule has 0 heterocycles. The second-order valence-electron chi connectivity index (χ2n) is 4.99. The van der Waals surface area contributed by atoms with Crippen molar-refractivity contribution in [3.63, 3.8) is 0 Å². The number of carboxylic acids is 1. The molecule has 1 atom stereocenters. The van der Waals surface area contributed by atoms with Gasteiger partial charge in [-0.25, -0.2) is 4.79 Å². The van der Waals surface area contributed by atoms with Crippen molar-refractivity contribution in [2.75, 3.05) is 0 Å². The van der Waals surface area contributed by atoms with Crippen LogP contribution in [0.15, 0.2) is 30.3 Å². The maximum Gasteiger partial charge on any atom is 0.407 e. The normalized spacial score (nSPS) is 11.9. The van der Waals surface area contributed by atoms with Crippen molar-refractivity contribution >= 4 is 12.1 Å². The molecular formula is C15H21NO4. The number of benzene rings is 1. The number of nitrogens with one attached hydrogen (secondary N) is 1. The monoisotopic (exact) mass is 279 g/mol. The minimum Gasteiger partial charge on any atom is -0.481 e. The number of hydrogen-bond donors (Lipinski definition) is 2. The van der Waals surface area contributed by atoms with Gasteiger partial charge in [0.15, 0.2) is 0 Å². The van der Waals surface area contributed by atoms with Crippen LogP contribution in [0, 0.1) is 5.92 Å². The molecule has 20 heavy (non-hydrogen) atoms. The summed E-state index contributed by atoms with van der Waals surface area (Å²) in [6, 6.07) is 9.19. The summed E-state index contributed by atoms with van der Waals surface area (Å²) in [7, 11) is 0. The Morgan fingerprint density at radius 3 is 2.45 bits per heavy atom. The molecule has 0 bridgehead atoms. The van der Waals surface area contributed by atoms with Gasteiger partial charge < -0.3 is 15.2 Å². The molecule has 0 aliphatic rings. The second kappa shape index (κ2) is 8.19. The lowest BCUT2D eigenvalue weighted by atomic mass is 9.99. The molecule has 0 aliphatic carbocycles. The number of carbonyl (C=O) groups excluding carboxylic acids is 1. The first kappa shape index (κ1) is 16.0. The molecule has 1 aromatic rings.